The van der Waals surface area contributed by atoms with E-state index in [1.165, 1.54) is 13.1 Å². The van der Waals surface area contributed by atoms with Crippen LogP contribution in [0.4, 0.5) is 5.69 Å². The smallest absolute Gasteiger partial charge is 0.281 e. The topological polar surface area (TPSA) is 120 Å². The first-order chi connectivity index (χ1) is 9.61. The van der Waals surface area contributed by atoms with Crippen molar-refractivity contribution >= 4 is 11.6 Å². The van der Waals surface area contributed by atoms with Crippen LogP contribution in [-0.4, -0.2) is 26.4 Å². The summed E-state index contributed by atoms with van der Waals surface area (Å²) in [6.45, 7) is 1.21. The molecule has 8 nitrogen and oxygen atoms in total. The monoisotopic (exact) mass is 273 g/mol. The molecule has 1 amide bonds. The van der Waals surface area contributed by atoms with Gasteiger partial charge in [-0.05, 0) is 24.2 Å². The van der Waals surface area contributed by atoms with Crippen LogP contribution >= 0.6 is 0 Å². The van der Waals surface area contributed by atoms with Crippen molar-refractivity contribution in [2.45, 2.75) is 6.92 Å². The molecule has 0 aliphatic rings. The van der Waals surface area contributed by atoms with Crippen LogP contribution in [0.15, 0.2) is 47.1 Å². The van der Waals surface area contributed by atoms with Gasteiger partial charge in [-0.2, -0.15) is 15.4 Å². The highest BCUT2D eigenvalue weighted by Crippen LogP contribution is 2.20. The first kappa shape index (κ1) is 13.4. The summed E-state index contributed by atoms with van der Waals surface area (Å²) in [7, 11) is 0. The van der Waals surface area contributed by atoms with E-state index in [9.17, 15) is 9.70 Å². The third-order valence-electron chi connectivity index (χ3n) is 2.48. The number of nitrogens with zero attached hydrogens (tertiary/aromatic N) is 3. The van der Waals surface area contributed by atoms with E-state index < -0.39 is 17.4 Å². The van der Waals surface area contributed by atoms with Crippen LogP contribution in [-0.2, 0) is 4.79 Å². The molecule has 1 aromatic carbocycles. The number of carbonyl (C=O) groups excluding carboxylic acids is 1. The van der Waals surface area contributed by atoms with Crippen LogP contribution in [0.2, 0.25) is 0 Å². The Balaban J connectivity index is 2.23. The number of rotatable bonds is 4. The Morgan fingerprint density at radius 1 is 1.45 bits per heavy atom. The number of aromatic nitrogens is 3. The number of aliphatic hydroxyl groups is 1. The number of benzene rings is 1. The summed E-state index contributed by atoms with van der Waals surface area (Å²) >= 11 is 0. The molecule has 0 radical (unpaired) electrons. The Morgan fingerprint density at radius 2 is 2.25 bits per heavy atom. The fraction of sp³-hybridized carbons (Fsp3) is 0.0833. The maximum absolute atomic E-state index is 11.7. The summed E-state index contributed by atoms with van der Waals surface area (Å²) in [5.41, 5.74) is 1.24. The summed E-state index contributed by atoms with van der Waals surface area (Å²) in [5, 5.41) is 24.2. The minimum atomic E-state index is -0.780. The fourth-order valence-electron chi connectivity index (χ4n) is 1.56. The van der Waals surface area contributed by atoms with Gasteiger partial charge in [0, 0.05) is 11.3 Å². The van der Waals surface area contributed by atoms with Crippen LogP contribution in [0, 0.1) is 4.91 Å². The van der Waals surface area contributed by atoms with Crippen molar-refractivity contribution in [3.8, 4) is 11.3 Å². The molecule has 0 saturated heterocycles. The zero-order valence-electron chi connectivity index (χ0n) is 10.5. The fourth-order valence-corrected chi connectivity index (χ4v) is 1.56. The second-order valence-electron chi connectivity index (χ2n) is 3.92. The lowest BCUT2D eigenvalue weighted by Gasteiger charge is -2.05. The largest absolute Gasteiger partial charge is 0.510 e. The van der Waals surface area contributed by atoms with Crippen molar-refractivity contribution in [1.29, 1.82) is 0 Å². The SMILES string of the molecule is C/C(O)=C(\N=O)C(=O)Nc1cccc(-c2cn[nH]n2)c1. The molecule has 0 fully saturated rings. The lowest BCUT2D eigenvalue weighted by atomic mass is 10.1. The number of aliphatic hydroxyl groups excluding tert-OH is 1. The Hall–Kier alpha value is -3.03. The van der Waals surface area contributed by atoms with E-state index >= 15 is 0 Å². The minimum absolute atomic E-state index is 0.440. The van der Waals surface area contributed by atoms with Gasteiger partial charge in [0.25, 0.3) is 5.91 Å². The average molecular weight is 273 g/mol. The first-order valence-electron chi connectivity index (χ1n) is 5.62. The van der Waals surface area contributed by atoms with Crippen LogP contribution < -0.4 is 5.32 Å². The lowest BCUT2D eigenvalue weighted by molar-refractivity contribution is -0.113. The molecule has 1 aromatic heterocycles. The van der Waals surface area contributed by atoms with Gasteiger partial charge < -0.3 is 10.4 Å². The molecule has 20 heavy (non-hydrogen) atoms. The van der Waals surface area contributed by atoms with E-state index in [0.29, 0.717) is 11.4 Å². The molecule has 1 heterocycles. The van der Waals surface area contributed by atoms with E-state index in [4.69, 9.17) is 5.11 Å². The van der Waals surface area contributed by atoms with Gasteiger partial charge >= 0.3 is 0 Å². The summed E-state index contributed by atoms with van der Waals surface area (Å²) in [5.74, 6) is -1.22. The third kappa shape index (κ3) is 2.86. The van der Waals surface area contributed by atoms with E-state index in [2.05, 4.69) is 25.9 Å². The van der Waals surface area contributed by atoms with Gasteiger partial charge in [-0.25, -0.2) is 0 Å². The quantitative estimate of drug-likeness (QED) is 0.446. The lowest BCUT2D eigenvalue weighted by Crippen LogP contribution is -2.14. The zero-order valence-corrected chi connectivity index (χ0v) is 10.5. The first-order valence-corrected chi connectivity index (χ1v) is 5.62. The van der Waals surface area contributed by atoms with Gasteiger partial charge in [0.2, 0.25) is 5.70 Å². The van der Waals surface area contributed by atoms with Gasteiger partial charge in [-0.15, -0.1) is 4.91 Å². The number of H-pyrrole nitrogens is 1. The number of carbonyl (C=O) groups is 1. The van der Waals surface area contributed by atoms with Gasteiger partial charge in [-0.1, -0.05) is 12.1 Å². The Morgan fingerprint density at radius 3 is 2.85 bits per heavy atom. The predicted molar refractivity (Wildman–Crippen MR) is 71.6 cm³/mol. The van der Waals surface area contributed by atoms with Gasteiger partial charge in [0.05, 0.1) is 6.20 Å². The molecular weight excluding hydrogens is 262 g/mol. The maximum atomic E-state index is 11.7. The summed E-state index contributed by atoms with van der Waals surface area (Å²) < 4.78 is 0. The molecular formula is C12H11N5O3. The van der Waals surface area contributed by atoms with Gasteiger partial charge in [-0.3, -0.25) is 4.79 Å². The van der Waals surface area contributed by atoms with Crippen LogP contribution in [0.3, 0.4) is 0 Å². The second-order valence-corrected chi connectivity index (χ2v) is 3.92. The minimum Gasteiger partial charge on any atom is -0.510 e. The zero-order chi connectivity index (χ0) is 14.5. The standard InChI is InChI=1S/C12H11N5O3/c1-7(18)11(16-20)12(19)14-9-4-2-3-8(5-9)10-6-13-17-15-10/h2-6,18H,1H3,(H,14,19)(H,13,15,17)/b11-7+. The molecule has 2 rings (SSSR count). The van der Waals surface area contributed by atoms with Crippen molar-refractivity contribution in [3.63, 3.8) is 0 Å². The van der Waals surface area contributed by atoms with Gasteiger partial charge in [0.1, 0.15) is 11.5 Å². The predicted octanol–water partition coefficient (Wildman–Crippen LogP) is 1.97. The maximum Gasteiger partial charge on any atom is 0.281 e. The Bertz CT molecular complexity index is 659. The molecule has 0 saturated carbocycles. The van der Waals surface area contributed by atoms with Crippen LogP contribution in [0.5, 0.6) is 0 Å². The number of hydrogen-bond acceptors (Lipinski definition) is 6. The highest BCUT2D eigenvalue weighted by Gasteiger charge is 2.14. The van der Waals surface area contributed by atoms with Crippen LogP contribution in [0.1, 0.15) is 6.92 Å². The highest BCUT2D eigenvalue weighted by molar-refractivity contribution is 6.03. The van der Waals surface area contributed by atoms with E-state index in [0.717, 1.165) is 5.56 Å². The molecule has 0 spiro atoms. The molecule has 8 heteroatoms. The average Bonchev–Trinajstić information content (AvgIpc) is 2.93. The summed E-state index contributed by atoms with van der Waals surface area (Å²) in [6, 6.07) is 6.80. The molecule has 0 aliphatic heterocycles. The number of hydrogen-bond donors (Lipinski definition) is 3. The number of nitrogens with one attached hydrogen (secondary N) is 2. The number of allylic oxidation sites excluding steroid dienone is 1. The number of anilines is 1. The van der Waals surface area contributed by atoms with E-state index in [-0.39, 0.29) is 0 Å². The molecule has 0 bridgehead atoms. The molecule has 3 N–H and O–H groups in total. The van der Waals surface area contributed by atoms with Crippen molar-refractivity contribution in [1.82, 2.24) is 15.4 Å². The van der Waals surface area contributed by atoms with Crippen molar-refractivity contribution in [2.24, 2.45) is 5.18 Å². The van der Waals surface area contributed by atoms with Crippen LogP contribution in [0.25, 0.3) is 11.3 Å². The number of amides is 1. The summed E-state index contributed by atoms with van der Waals surface area (Å²) in [6.07, 6.45) is 1.54. The molecule has 102 valence electrons. The summed E-state index contributed by atoms with van der Waals surface area (Å²) in [4.78, 5) is 22.2. The normalized spacial score (nSPS) is 11.7. The van der Waals surface area contributed by atoms with E-state index in [1.807, 2.05) is 0 Å². The molecule has 0 aliphatic carbocycles. The molecule has 0 atom stereocenters. The van der Waals surface area contributed by atoms with Gasteiger partial charge in [0.15, 0.2) is 0 Å². The number of aromatic amines is 1. The van der Waals surface area contributed by atoms with E-state index in [1.54, 1.807) is 24.3 Å². The Labute approximate surface area is 113 Å². The molecule has 0 unspecified atom stereocenters. The second kappa shape index (κ2) is 5.74. The third-order valence-corrected chi connectivity index (χ3v) is 2.48. The molecule has 2 aromatic rings. The Kier molecular flexibility index (Phi) is 3.85. The van der Waals surface area contributed by atoms with Crippen molar-refractivity contribution in [3.05, 3.63) is 46.8 Å². The van der Waals surface area contributed by atoms with Crippen molar-refractivity contribution in [2.75, 3.05) is 5.32 Å². The number of nitroso groups, excluding NO2 is 1. The highest BCUT2D eigenvalue weighted by atomic mass is 16.3. The van der Waals surface area contributed by atoms with Crippen molar-refractivity contribution < 1.29 is 9.90 Å².